The maximum atomic E-state index is 13.4. The number of fused-ring (bicyclic) bond motifs is 1. The summed E-state index contributed by atoms with van der Waals surface area (Å²) >= 11 is 3.45. The predicted molar refractivity (Wildman–Crippen MR) is 120 cm³/mol. The lowest BCUT2D eigenvalue weighted by Crippen LogP contribution is -2.52. The third kappa shape index (κ3) is 3.43. The van der Waals surface area contributed by atoms with Crippen LogP contribution in [0.3, 0.4) is 0 Å². The molecule has 2 heterocycles. The Morgan fingerprint density at radius 3 is 2.50 bits per heavy atom. The number of amides is 4. The molecule has 2 aromatic rings. The number of carbonyl (C=O) groups is 4. The van der Waals surface area contributed by atoms with Gasteiger partial charge in [-0.3, -0.25) is 24.5 Å². The Labute approximate surface area is 193 Å². The number of nitrogens with zero attached hydrogens (tertiary/aromatic N) is 1. The van der Waals surface area contributed by atoms with Crippen LogP contribution in [0.5, 0.6) is 0 Å². The van der Waals surface area contributed by atoms with E-state index >= 15 is 0 Å². The second-order valence-corrected chi connectivity index (χ2v) is 9.54. The van der Waals surface area contributed by atoms with Gasteiger partial charge < -0.3 is 10.2 Å². The molecule has 0 aromatic heterocycles. The SMILES string of the molecule is O=C1CCC(N2Cc3c(C(=O)NC4(c5ccc(Br)cc5)CCC4)cccc3C2=O)C(=O)N1. The third-order valence-electron chi connectivity index (χ3n) is 6.78. The van der Waals surface area contributed by atoms with Gasteiger partial charge in [-0.25, -0.2) is 0 Å². The van der Waals surface area contributed by atoms with Gasteiger partial charge in [0.2, 0.25) is 11.8 Å². The van der Waals surface area contributed by atoms with Gasteiger partial charge in [0.1, 0.15) is 6.04 Å². The number of carbonyl (C=O) groups excluding carboxylic acids is 4. The Morgan fingerprint density at radius 1 is 1.09 bits per heavy atom. The van der Waals surface area contributed by atoms with Crippen molar-refractivity contribution < 1.29 is 19.2 Å². The molecule has 7 nitrogen and oxygen atoms in total. The lowest BCUT2D eigenvalue weighted by molar-refractivity contribution is -0.136. The van der Waals surface area contributed by atoms with Gasteiger partial charge in [0, 0.05) is 28.6 Å². The number of nitrogens with one attached hydrogen (secondary N) is 2. The molecule has 0 spiro atoms. The van der Waals surface area contributed by atoms with Crippen molar-refractivity contribution in [3.63, 3.8) is 0 Å². The number of halogens is 1. The Morgan fingerprint density at radius 2 is 1.84 bits per heavy atom. The molecule has 2 aromatic carbocycles. The summed E-state index contributed by atoms with van der Waals surface area (Å²) in [5.74, 6) is -1.29. The largest absolute Gasteiger partial charge is 0.343 e. The van der Waals surface area contributed by atoms with Gasteiger partial charge in [-0.2, -0.15) is 0 Å². The lowest BCUT2D eigenvalue weighted by atomic mass is 9.71. The normalized spacial score (nSPS) is 21.6. The van der Waals surface area contributed by atoms with Crippen molar-refractivity contribution in [2.24, 2.45) is 0 Å². The van der Waals surface area contributed by atoms with Gasteiger partial charge in [-0.05, 0) is 61.1 Å². The summed E-state index contributed by atoms with van der Waals surface area (Å²) in [7, 11) is 0. The monoisotopic (exact) mass is 495 g/mol. The standard InChI is InChI=1S/C24H22BrN3O4/c25-15-7-5-14(6-8-15)24(11-2-12-24)27-21(30)16-3-1-4-17-18(16)13-28(23(17)32)19-9-10-20(29)26-22(19)31/h1,3-8,19H,2,9-13H2,(H,27,30)(H,26,29,31). The van der Waals surface area contributed by atoms with E-state index in [9.17, 15) is 19.2 Å². The highest BCUT2D eigenvalue weighted by Crippen LogP contribution is 2.42. The highest BCUT2D eigenvalue weighted by Gasteiger charge is 2.43. The van der Waals surface area contributed by atoms with Crippen LogP contribution in [0, 0.1) is 0 Å². The van der Waals surface area contributed by atoms with E-state index < -0.39 is 17.5 Å². The van der Waals surface area contributed by atoms with Crippen molar-refractivity contribution in [1.82, 2.24) is 15.5 Å². The molecule has 3 aliphatic rings. The maximum absolute atomic E-state index is 13.4. The molecule has 0 radical (unpaired) electrons. The van der Waals surface area contributed by atoms with Crippen molar-refractivity contribution >= 4 is 39.6 Å². The van der Waals surface area contributed by atoms with Crippen molar-refractivity contribution in [3.05, 3.63) is 69.2 Å². The third-order valence-corrected chi connectivity index (χ3v) is 7.31. The summed E-state index contributed by atoms with van der Waals surface area (Å²) < 4.78 is 0.981. The van der Waals surface area contributed by atoms with E-state index in [1.165, 1.54) is 4.90 Å². The Balaban J connectivity index is 1.41. The summed E-state index contributed by atoms with van der Waals surface area (Å²) in [5.41, 5.74) is 2.17. The fraction of sp³-hybridized carbons (Fsp3) is 0.333. The number of rotatable bonds is 4. The van der Waals surface area contributed by atoms with E-state index in [1.807, 2.05) is 24.3 Å². The summed E-state index contributed by atoms with van der Waals surface area (Å²) in [4.78, 5) is 51.7. The molecule has 2 aliphatic heterocycles. The first-order chi connectivity index (χ1) is 15.4. The molecular weight excluding hydrogens is 474 g/mol. The van der Waals surface area contributed by atoms with Gasteiger partial charge in [0.15, 0.2) is 0 Å². The van der Waals surface area contributed by atoms with E-state index in [0.29, 0.717) is 23.1 Å². The quantitative estimate of drug-likeness (QED) is 0.637. The maximum Gasteiger partial charge on any atom is 0.255 e. The molecule has 0 bridgehead atoms. The summed E-state index contributed by atoms with van der Waals surface area (Å²) in [6.07, 6.45) is 3.23. The zero-order chi connectivity index (χ0) is 22.5. The van der Waals surface area contributed by atoms with Crippen LogP contribution in [-0.2, 0) is 21.7 Å². The average molecular weight is 496 g/mol. The molecule has 5 rings (SSSR count). The second-order valence-electron chi connectivity index (χ2n) is 8.63. The van der Waals surface area contributed by atoms with Crippen LogP contribution < -0.4 is 10.6 Å². The highest BCUT2D eigenvalue weighted by atomic mass is 79.9. The molecule has 4 amide bonds. The van der Waals surface area contributed by atoms with Crippen LogP contribution in [0.1, 0.15) is 63.9 Å². The summed E-state index contributed by atoms with van der Waals surface area (Å²) in [5, 5.41) is 5.53. The minimum atomic E-state index is -0.704. The summed E-state index contributed by atoms with van der Waals surface area (Å²) in [6, 6.07) is 12.4. The van der Waals surface area contributed by atoms with Crippen LogP contribution in [0.2, 0.25) is 0 Å². The van der Waals surface area contributed by atoms with Gasteiger partial charge in [-0.1, -0.05) is 34.1 Å². The Hall–Kier alpha value is -3.00. The van der Waals surface area contributed by atoms with E-state index in [-0.39, 0.29) is 30.7 Å². The minimum absolute atomic E-state index is 0.176. The van der Waals surface area contributed by atoms with Crippen LogP contribution in [-0.4, -0.2) is 34.6 Å². The zero-order valence-corrected chi connectivity index (χ0v) is 18.9. The van der Waals surface area contributed by atoms with Gasteiger partial charge in [-0.15, -0.1) is 0 Å². The molecular formula is C24H22BrN3O4. The van der Waals surface area contributed by atoms with E-state index in [4.69, 9.17) is 0 Å². The number of imide groups is 1. The van der Waals surface area contributed by atoms with Crippen molar-refractivity contribution in [2.45, 2.75) is 50.2 Å². The number of benzene rings is 2. The fourth-order valence-electron chi connectivity index (χ4n) is 4.87. The number of piperidine rings is 1. The van der Waals surface area contributed by atoms with Gasteiger partial charge in [0.05, 0.1) is 5.54 Å². The number of hydrogen-bond donors (Lipinski definition) is 2. The van der Waals surface area contributed by atoms with Crippen LogP contribution >= 0.6 is 15.9 Å². The topological polar surface area (TPSA) is 95.6 Å². The average Bonchev–Trinajstić information content (AvgIpc) is 3.08. The molecule has 2 fully saturated rings. The van der Waals surface area contributed by atoms with E-state index in [0.717, 1.165) is 29.3 Å². The molecule has 1 saturated carbocycles. The summed E-state index contributed by atoms with van der Waals surface area (Å²) in [6.45, 7) is 0.176. The first-order valence-corrected chi connectivity index (χ1v) is 11.5. The van der Waals surface area contributed by atoms with Crippen LogP contribution in [0.25, 0.3) is 0 Å². The number of hydrogen-bond acceptors (Lipinski definition) is 4. The zero-order valence-electron chi connectivity index (χ0n) is 17.3. The van der Waals surface area contributed by atoms with Crippen molar-refractivity contribution in [1.29, 1.82) is 0 Å². The predicted octanol–water partition coefficient (Wildman–Crippen LogP) is 3.02. The molecule has 32 heavy (non-hydrogen) atoms. The molecule has 1 unspecified atom stereocenters. The first kappa shape index (κ1) is 20.9. The van der Waals surface area contributed by atoms with Crippen LogP contribution in [0.15, 0.2) is 46.9 Å². The molecule has 2 N–H and O–H groups in total. The van der Waals surface area contributed by atoms with Gasteiger partial charge in [0.25, 0.3) is 11.8 Å². The Bertz CT molecular complexity index is 1140. The fourth-order valence-corrected chi connectivity index (χ4v) is 5.13. The molecule has 8 heteroatoms. The molecule has 164 valence electrons. The van der Waals surface area contributed by atoms with E-state index in [1.54, 1.807) is 18.2 Å². The van der Waals surface area contributed by atoms with Crippen LogP contribution in [0.4, 0.5) is 0 Å². The lowest BCUT2D eigenvalue weighted by Gasteiger charge is -2.43. The minimum Gasteiger partial charge on any atom is -0.343 e. The molecule has 1 saturated heterocycles. The second kappa shape index (κ2) is 7.85. The first-order valence-electron chi connectivity index (χ1n) is 10.7. The smallest absolute Gasteiger partial charge is 0.255 e. The Kier molecular flexibility index (Phi) is 5.12. The van der Waals surface area contributed by atoms with Crippen molar-refractivity contribution in [2.75, 3.05) is 0 Å². The molecule has 1 aliphatic carbocycles. The molecule has 1 atom stereocenters. The van der Waals surface area contributed by atoms with E-state index in [2.05, 4.69) is 26.6 Å². The van der Waals surface area contributed by atoms with Gasteiger partial charge >= 0.3 is 0 Å². The highest BCUT2D eigenvalue weighted by molar-refractivity contribution is 9.10. The van der Waals surface area contributed by atoms with Crippen molar-refractivity contribution in [3.8, 4) is 0 Å².